The molecule has 0 aromatic heterocycles. The van der Waals surface area contributed by atoms with Crippen LogP contribution in [-0.2, 0) is 10.2 Å². The van der Waals surface area contributed by atoms with Crippen LogP contribution >= 0.6 is 11.6 Å². The maximum Gasteiger partial charge on any atom is 0.233 e. The largest absolute Gasteiger partial charge is 0.391 e. The molecule has 0 spiro atoms. The number of nitrogens with zero attached hydrogens (tertiary/aromatic N) is 1. The van der Waals surface area contributed by atoms with E-state index in [2.05, 4.69) is 20.8 Å². The van der Waals surface area contributed by atoms with Gasteiger partial charge in [-0.05, 0) is 42.4 Å². The average molecular weight is 322 g/mol. The molecule has 1 N–H and O–H groups in total. The van der Waals surface area contributed by atoms with Crippen LogP contribution in [0.4, 0.5) is 0 Å². The van der Waals surface area contributed by atoms with E-state index in [1.165, 1.54) is 0 Å². The second-order valence-corrected chi connectivity index (χ2v) is 8.19. The van der Waals surface area contributed by atoms with E-state index in [1.54, 1.807) is 0 Å². The molecule has 120 valence electrons. The topological polar surface area (TPSA) is 40.5 Å². The lowest BCUT2D eigenvalue weighted by molar-refractivity contribution is -0.138. The van der Waals surface area contributed by atoms with E-state index in [0.29, 0.717) is 18.0 Å². The molecule has 2 aliphatic rings. The molecule has 1 heterocycles. The molecular formula is C18H24ClNO2. The third-order valence-electron chi connectivity index (χ3n) is 5.07. The van der Waals surface area contributed by atoms with Crippen LogP contribution in [0.25, 0.3) is 0 Å². The second-order valence-electron chi connectivity index (χ2n) is 7.75. The van der Waals surface area contributed by atoms with Crippen molar-refractivity contribution in [2.75, 3.05) is 6.54 Å². The minimum absolute atomic E-state index is 0.107. The molecule has 2 fully saturated rings. The first-order valence-corrected chi connectivity index (χ1v) is 8.39. The van der Waals surface area contributed by atoms with Gasteiger partial charge in [0.1, 0.15) is 0 Å². The molecule has 3 nitrogen and oxygen atoms in total. The van der Waals surface area contributed by atoms with E-state index < -0.39 is 11.5 Å². The zero-order chi connectivity index (χ0) is 16.1. The van der Waals surface area contributed by atoms with Crippen molar-refractivity contribution < 1.29 is 9.90 Å². The van der Waals surface area contributed by atoms with Gasteiger partial charge < -0.3 is 10.0 Å². The van der Waals surface area contributed by atoms with Crippen LogP contribution in [0.5, 0.6) is 0 Å². The van der Waals surface area contributed by atoms with Gasteiger partial charge in [-0.2, -0.15) is 0 Å². The quantitative estimate of drug-likeness (QED) is 0.907. The Morgan fingerprint density at radius 1 is 1.27 bits per heavy atom. The Morgan fingerprint density at radius 2 is 1.86 bits per heavy atom. The summed E-state index contributed by atoms with van der Waals surface area (Å²) < 4.78 is 0. The van der Waals surface area contributed by atoms with Gasteiger partial charge in [-0.3, -0.25) is 4.79 Å². The minimum Gasteiger partial charge on any atom is -0.391 e. The average Bonchev–Trinajstić information content (AvgIpc) is 3.14. The Balaban J connectivity index is 1.89. The summed E-state index contributed by atoms with van der Waals surface area (Å²) in [6.45, 7) is 6.92. The number of aliphatic hydroxyl groups excluding tert-OH is 1. The zero-order valence-electron chi connectivity index (χ0n) is 13.5. The number of hydrogen-bond acceptors (Lipinski definition) is 2. The first kappa shape index (κ1) is 15.8. The van der Waals surface area contributed by atoms with E-state index >= 15 is 0 Å². The lowest BCUT2D eigenvalue weighted by atomic mass is 9.83. The number of likely N-dealkylation sites (tertiary alicyclic amines) is 1. The van der Waals surface area contributed by atoms with E-state index in [0.717, 1.165) is 18.4 Å². The molecule has 2 atom stereocenters. The fourth-order valence-corrected chi connectivity index (χ4v) is 3.97. The Labute approximate surface area is 137 Å². The van der Waals surface area contributed by atoms with Crippen molar-refractivity contribution in [2.24, 2.45) is 5.41 Å². The molecule has 0 bridgehead atoms. The van der Waals surface area contributed by atoms with Crippen LogP contribution in [0.2, 0.25) is 5.02 Å². The normalized spacial score (nSPS) is 27.0. The van der Waals surface area contributed by atoms with Gasteiger partial charge in [-0.25, -0.2) is 0 Å². The molecule has 1 saturated carbocycles. The summed E-state index contributed by atoms with van der Waals surface area (Å²) in [5.41, 5.74) is 0.538. The van der Waals surface area contributed by atoms with Gasteiger partial charge in [0.25, 0.3) is 0 Å². The highest BCUT2D eigenvalue weighted by Crippen LogP contribution is 2.51. The number of halogens is 1. The SMILES string of the molecule is CC(C)(C)C1C(O)CCN1C(=O)C1(c2ccc(Cl)cc2)CC1. The number of benzene rings is 1. The van der Waals surface area contributed by atoms with Crippen LogP contribution in [0.15, 0.2) is 24.3 Å². The molecule has 1 amide bonds. The smallest absolute Gasteiger partial charge is 0.233 e. The Hall–Kier alpha value is -1.06. The van der Waals surface area contributed by atoms with Crippen LogP contribution in [-0.4, -0.2) is 34.6 Å². The van der Waals surface area contributed by atoms with Crippen molar-refractivity contribution in [2.45, 2.75) is 57.6 Å². The summed E-state index contributed by atoms with van der Waals surface area (Å²) >= 11 is 5.96. The summed E-state index contributed by atoms with van der Waals surface area (Å²) in [4.78, 5) is 15.1. The molecule has 1 aliphatic carbocycles. The van der Waals surface area contributed by atoms with Crippen molar-refractivity contribution >= 4 is 17.5 Å². The molecule has 1 aromatic carbocycles. The fraction of sp³-hybridized carbons (Fsp3) is 0.611. The first-order chi connectivity index (χ1) is 10.3. The maximum atomic E-state index is 13.2. The summed E-state index contributed by atoms with van der Waals surface area (Å²) in [5.74, 6) is 0.172. The summed E-state index contributed by atoms with van der Waals surface area (Å²) in [6, 6.07) is 7.52. The number of aliphatic hydroxyl groups is 1. The summed E-state index contributed by atoms with van der Waals surface area (Å²) in [6.07, 6.45) is 2.02. The van der Waals surface area contributed by atoms with Gasteiger partial charge in [0.15, 0.2) is 0 Å². The Morgan fingerprint density at radius 3 is 2.36 bits per heavy atom. The number of amides is 1. The van der Waals surface area contributed by atoms with E-state index in [4.69, 9.17) is 11.6 Å². The number of carbonyl (C=O) groups is 1. The lowest BCUT2D eigenvalue weighted by Crippen LogP contribution is -2.50. The summed E-state index contributed by atoms with van der Waals surface area (Å²) in [7, 11) is 0. The fourth-order valence-electron chi connectivity index (χ4n) is 3.84. The first-order valence-electron chi connectivity index (χ1n) is 8.01. The standard InChI is InChI=1S/C18H24ClNO2/c1-17(2,3)15-14(21)8-11-20(15)16(22)18(9-10-18)12-4-6-13(19)7-5-12/h4-7,14-15,21H,8-11H2,1-3H3. The molecular weight excluding hydrogens is 298 g/mol. The predicted molar refractivity (Wildman–Crippen MR) is 87.9 cm³/mol. The number of hydrogen-bond donors (Lipinski definition) is 1. The van der Waals surface area contributed by atoms with Crippen molar-refractivity contribution in [1.29, 1.82) is 0 Å². The molecule has 1 aliphatic heterocycles. The molecule has 2 unspecified atom stereocenters. The highest BCUT2D eigenvalue weighted by atomic mass is 35.5. The van der Waals surface area contributed by atoms with E-state index in [-0.39, 0.29) is 17.4 Å². The highest BCUT2D eigenvalue weighted by Gasteiger charge is 2.56. The Bertz CT molecular complexity index is 572. The third-order valence-corrected chi connectivity index (χ3v) is 5.32. The van der Waals surface area contributed by atoms with Crippen molar-refractivity contribution in [3.8, 4) is 0 Å². The third kappa shape index (κ3) is 2.55. The molecule has 22 heavy (non-hydrogen) atoms. The van der Waals surface area contributed by atoms with Crippen LogP contribution in [0, 0.1) is 5.41 Å². The monoisotopic (exact) mass is 321 g/mol. The van der Waals surface area contributed by atoms with E-state index in [9.17, 15) is 9.90 Å². The van der Waals surface area contributed by atoms with Crippen LogP contribution in [0.3, 0.4) is 0 Å². The molecule has 0 radical (unpaired) electrons. The van der Waals surface area contributed by atoms with Crippen LogP contribution in [0.1, 0.15) is 45.6 Å². The second kappa shape index (κ2) is 5.24. The van der Waals surface area contributed by atoms with Gasteiger partial charge in [-0.15, -0.1) is 0 Å². The van der Waals surface area contributed by atoms with Crippen molar-refractivity contribution in [3.63, 3.8) is 0 Å². The molecule has 1 saturated heterocycles. The van der Waals surface area contributed by atoms with Gasteiger partial charge in [0.2, 0.25) is 5.91 Å². The molecule has 3 rings (SSSR count). The lowest BCUT2D eigenvalue weighted by Gasteiger charge is -2.38. The van der Waals surface area contributed by atoms with Gasteiger partial charge in [-0.1, -0.05) is 44.5 Å². The Kier molecular flexibility index (Phi) is 3.77. The van der Waals surface area contributed by atoms with Crippen LogP contribution < -0.4 is 0 Å². The number of rotatable bonds is 2. The summed E-state index contributed by atoms with van der Waals surface area (Å²) in [5, 5.41) is 11.0. The maximum absolute atomic E-state index is 13.2. The zero-order valence-corrected chi connectivity index (χ0v) is 14.2. The molecule has 1 aromatic rings. The van der Waals surface area contributed by atoms with E-state index in [1.807, 2.05) is 29.2 Å². The van der Waals surface area contributed by atoms with Gasteiger partial charge in [0.05, 0.1) is 17.6 Å². The predicted octanol–water partition coefficient (Wildman–Crippen LogP) is 3.38. The minimum atomic E-state index is -0.426. The molecule has 4 heteroatoms. The van der Waals surface area contributed by atoms with Crippen molar-refractivity contribution in [1.82, 2.24) is 4.90 Å². The highest BCUT2D eigenvalue weighted by molar-refractivity contribution is 6.30. The van der Waals surface area contributed by atoms with Gasteiger partial charge >= 0.3 is 0 Å². The van der Waals surface area contributed by atoms with Crippen molar-refractivity contribution in [3.05, 3.63) is 34.9 Å². The number of carbonyl (C=O) groups excluding carboxylic acids is 1. The van der Waals surface area contributed by atoms with Gasteiger partial charge in [0, 0.05) is 11.6 Å².